The number of aromatic nitrogens is 3. The molecule has 2 aliphatic rings. The number of pyridine rings is 1. The third-order valence-electron chi connectivity index (χ3n) is 6.94. The first-order valence-electron chi connectivity index (χ1n) is 12.7. The van der Waals surface area contributed by atoms with Crippen LogP contribution in [-0.2, 0) is 13.6 Å². The average molecular weight is 514 g/mol. The van der Waals surface area contributed by atoms with E-state index in [-0.39, 0.29) is 11.1 Å². The zero-order valence-electron chi connectivity index (χ0n) is 21.9. The van der Waals surface area contributed by atoms with E-state index in [1.807, 2.05) is 29.2 Å². The van der Waals surface area contributed by atoms with Gasteiger partial charge in [0.1, 0.15) is 0 Å². The maximum absolute atomic E-state index is 13.2. The Hall–Kier alpha value is -3.12. The lowest BCUT2D eigenvalue weighted by molar-refractivity contribution is -0.149. The molecular formula is C28H34F3N5O. The minimum atomic E-state index is -4.20. The number of alkyl halides is 3. The van der Waals surface area contributed by atoms with Crippen LogP contribution in [0.15, 0.2) is 46.3 Å². The fourth-order valence-corrected chi connectivity index (χ4v) is 5.26. The van der Waals surface area contributed by atoms with Gasteiger partial charge in [-0.05, 0) is 49.4 Å². The lowest BCUT2D eigenvalue weighted by Gasteiger charge is -2.36. The van der Waals surface area contributed by atoms with Gasteiger partial charge in [0.2, 0.25) is 0 Å². The maximum atomic E-state index is 13.2. The minimum absolute atomic E-state index is 0.102. The number of likely N-dealkylation sites (tertiary alicyclic amines) is 1. The summed E-state index contributed by atoms with van der Waals surface area (Å²) in [6, 6.07) is 5.38. The van der Waals surface area contributed by atoms with E-state index in [0.717, 1.165) is 23.9 Å². The molecule has 6 nitrogen and oxygen atoms in total. The quantitative estimate of drug-likeness (QED) is 0.511. The molecular weight excluding hydrogens is 479 g/mol. The summed E-state index contributed by atoms with van der Waals surface area (Å²) in [5, 5.41) is 9.86. The van der Waals surface area contributed by atoms with Crippen LogP contribution in [0.4, 0.5) is 13.2 Å². The fourth-order valence-electron chi connectivity index (χ4n) is 5.26. The van der Waals surface area contributed by atoms with Gasteiger partial charge in [-0.3, -0.25) is 14.0 Å². The van der Waals surface area contributed by atoms with E-state index in [9.17, 15) is 23.2 Å². The molecule has 198 valence electrons. The zero-order valence-corrected chi connectivity index (χ0v) is 21.9. The molecule has 37 heavy (non-hydrogen) atoms. The summed E-state index contributed by atoms with van der Waals surface area (Å²) in [7, 11) is 1.69. The van der Waals surface area contributed by atoms with E-state index in [2.05, 4.69) is 26.8 Å². The van der Waals surface area contributed by atoms with Crippen molar-refractivity contribution in [2.75, 3.05) is 13.1 Å². The van der Waals surface area contributed by atoms with Gasteiger partial charge >= 0.3 is 11.9 Å². The van der Waals surface area contributed by atoms with Gasteiger partial charge in [-0.25, -0.2) is 9.78 Å². The monoisotopic (exact) mass is 513 g/mol. The second-order valence-electron chi connectivity index (χ2n) is 11.3. The van der Waals surface area contributed by atoms with Crippen LogP contribution < -0.4 is 5.69 Å². The van der Waals surface area contributed by atoms with Gasteiger partial charge in [-0.15, -0.1) is 0 Å². The van der Waals surface area contributed by atoms with Crippen LogP contribution >= 0.6 is 0 Å². The van der Waals surface area contributed by atoms with E-state index in [1.165, 1.54) is 4.57 Å². The Labute approximate surface area is 215 Å². The van der Waals surface area contributed by atoms with Gasteiger partial charge in [-0.1, -0.05) is 44.9 Å². The number of piperidine rings is 1. The minimum Gasteiger partial charge on any atom is -0.296 e. The summed E-state index contributed by atoms with van der Waals surface area (Å²) in [5.74, 6) is 0. The van der Waals surface area contributed by atoms with Crippen LogP contribution in [0.25, 0.3) is 16.7 Å². The number of halogens is 3. The summed E-state index contributed by atoms with van der Waals surface area (Å²) in [4.78, 5) is 19.7. The summed E-state index contributed by atoms with van der Waals surface area (Å²) in [6.07, 6.45) is 3.29. The standard InChI is InChI=1S/C28H34F3N5O/c1-27(2,3)18-36-24-12-11-23(33-25(24)34(4)26(36)37)22-14-19(8-7-9-20(22)16-32)17-35-13-6-5-10-21(35)15-28(29,30)31/h7,9,11-12,14,21H,5-6,8,10,13,15,17-18H2,1-4H3. The molecule has 3 heterocycles. The molecule has 2 aromatic rings. The number of aryl methyl sites for hydroxylation is 1. The first kappa shape index (κ1) is 26.9. The highest BCUT2D eigenvalue weighted by Crippen LogP contribution is 2.32. The van der Waals surface area contributed by atoms with Gasteiger partial charge in [0.25, 0.3) is 0 Å². The van der Waals surface area contributed by atoms with Crippen molar-refractivity contribution in [1.82, 2.24) is 19.0 Å². The van der Waals surface area contributed by atoms with Gasteiger partial charge in [0.15, 0.2) is 5.65 Å². The molecule has 0 N–H and O–H groups in total. The maximum Gasteiger partial charge on any atom is 0.390 e. The summed E-state index contributed by atoms with van der Waals surface area (Å²) < 4.78 is 42.8. The summed E-state index contributed by atoms with van der Waals surface area (Å²) in [6.45, 7) is 7.77. The highest BCUT2D eigenvalue weighted by Gasteiger charge is 2.36. The molecule has 4 rings (SSSR count). The molecule has 2 aromatic heterocycles. The molecule has 1 saturated heterocycles. The molecule has 0 saturated carbocycles. The van der Waals surface area contributed by atoms with Crippen LogP contribution in [0.3, 0.4) is 0 Å². The highest BCUT2D eigenvalue weighted by atomic mass is 19.4. The average Bonchev–Trinajstić information content (AvgIpc) is 2.95. The Bertz CT molecular complexity index is 1360. The van der Waals surface area contributed by atoms with Crippen LogP contribution in [-0.4, -0.2) is 44.3 Å². The molecule has 0 spiro atoms. The van der Waals surface area contributed by atoms with E-state index in [0.29, 0.717) is 55.0 Å². The zero-order chi connectivity index (χ0) is 27.0. The summed E-state index contributed by atoms with van der Waals surface area (Å²) in [5.41, 5.74) is 3.55. The van der Waals surface area contributed by atoms with Crippen molar-refractivity contribution < 1.29 is 13.2 Å². The normalized spacial score (nSPS) is 19.7. The topological polar surface area (TPSA) is 66.8 Å². The number of allylic oxidation sites excluding steroid dienone is 5. The molecule has 1 aliphatic carbocycles. The summed E-state index contributed by atoms with van der Waals surface area (Å²) >= 11 is 0. The van der Waals surface area contributed by atoms with Crippen molar-refractivity contribution >= 4 is 16.7 Å². The number of rotatable bonds is 5. The van der Waals surface area contributed by atoms with E-state index >= 15 is 0 Å². The third kappa shape index (κ3) is 6.24. The molecule has 0 amide bonds. The largest absolute Gasteiger partial charge is 0.390 e. The van der Waals surface area contributed by atoms with Crippen molar-refractivity contribution in [3.8, 4) is 6.07 Å². The second kappa shape index (κ2) is 10.3. The number of fused-ring (bicyclic) bond motifs is 1. The third-order valence-corrected chi connectivity index (χ3v) is 6.94. The molecule has 0 radical (unpaired) electrons. The Kier molecular flexibility index (Phi) is 7.52. The second-order valence-corrected chi connectivity index (χ2v) is 11.3. The highest BCUT2D eigenvalue weighted by molar-refractivity contribution is 5.84. The Morgan fingerprint density at radius 1 is 1.19 bits per heavy atom. The molecule has 1 fully saturated rings. The predicted octanol–water partition coefficient (Wildman–Crippen LogP) is 5.75. The smallest absolute Gasteiger partial charge is 0.296 e. The van der Waals surface area contributed by atoms with Crippen molar-refractivity contribution in [2.45, 2.75) is 71.6 Å². The first-order valence-corrected chi connectivity index (χ1v) is 12.7. The van der Waals surface area contributed by atoms with Crippen molar-refractivity contribution in [3.05, 3.63) is 57.7 Å². The van der Waals surface area contributed by atoms with Crippen LogP contribution in [0, 0.1) is 16.7 Å². The van der Waals surface area contributed by atoms with Crippen LogP contribution in [0.2, 0.25) is 0 Å². The van der Waals surface area contributed by atoms with Gasteiger partial charge in [0, 0.05) is 31.8 Å². The van der Waals surface area contributed by atoms with E-state index in [4.69, 9.17) is 4.98 Å². The number of hydrogen-bond acceptors (Lipinski definition) is 4. The molecule has 0 aromatic carbocycles. The number of nitrogens with zero attached hydrogens (tertiary/aromatic N) is 5. The lowest BCUT2D eigenvalue weighted by Crippen LogP contribution is -2.43. The van der Waals surface area contributed by atoms with Crippen molar-refractivity contribution in [3.63, 3.8) is 0 Å². The Morgan fingerprint density at radius 3 is 2.62 bits per heavy atom. The first-order chi connectivity index (χ1) is 17.4. The number of hydrogen-bond donors (Lipinski definition) is 0. The Morgan fingerprint density at radius 2 is 1.95 bits per heavy atom. The van der Waals surface area contributed by atoms with Crippen molar-refractivity contribution in [2.24, 2.45) is 12.5 Å². The van der Waals surface area contributed by atoms with Crippen LogP contribution in [0.5, 0.6) is 0 Å². The van der Waals surface area contributed by atoms with Crippen molar-refractivity contribution in [1.29, 1.82) is 5.26 Å². The Balaban J connectivity index is 1.71. The van der Waals surface area contributed by atoms with E-state index < -0.39 is 18.6 Å². The predicted molar refractivity (Wildman–Crippen MR) is 139 cm³/mol. The van der Waals surface area contributed by atoms with Crippen LogP contribution in [0.1, 0.15) is 58.6 Å². The van der Waals surface area contributed by atoms with Gasteiger partial charge < -0.3 is 0 Å². The molecule has 1 aliphatic heterocycles. The molecule has 0 bridgehead atoms. The van der Waals surface area contributed by atoms with Gasteiger partial charge in [0.05, 0.1) is 29.3 Å². The molecule has 1 atom stereocenters. The fraction of sp³-hybridized carbons (Fsp3) is 0.536. The van der Waals surface area contributed by atoms with Gasteiger partial charge in [-0.2, -0.15) is 18.4 Å². The van der Waals surface area contributed by atoms with E-state index in [1.54, 1.807) is 17.7 Å². The molecule has 9 heteroatoms. The SMILES string of the molecule is Cn1c(=O)n(CC(C)(C)C)c2ccc(C3=C(C#N)C=CCC(CN4CCCCC4CC(F)(F)F)=C3)nc21. The number of imidazole rings is 1. The lowest BCUT2D eigenvalue weighted by atomic mass is 9.96. The number of nitriles is 1. The molecule has 1 unspecified atom stereocenters.